The molecule has 0 fully saturated rings. The Morgan fingerprint density at radius 2 is 1.20 bits per heavy atom. The van der Waals surface area contributed by atoms with E-state index in [1.807, 2.05) is 0 Å². The van der Waals surface area contributed by atoms with E-state index in [9.17, 15) is 8.78 Å². The van der Waals surface area contributed by atoms with Gasteiger partial charge in [-0.2, -0.15) is 0 Å². The molecule has 1 nitrogen and oxygen atoms in total. The summed E-state index contributed by atoms with van der Waals surface area (Å²) in [7, 11) is 0. The normalized spacial score (nSPS) is 11.0. The molecule has 0 radical (unpaired) electrons. The predicted molar refractivity (Wildman–Crippen MR) is 77.5 cm³/mol. The van der Waals surface area contributed by atoms with Crippen LogP contribution in [-0.4, -0.2) is 6.54 Å². The molecule has 0 atom stereocenters. The SMILES string of the molecule is NCCCCC(c1ccc(F)cc1)c1ccc(F)cc1. The lowest BCUT2D eigenvalue weighted by molar-refractivity contribution is 0.611. The minimum atomic E-state index is -0.242. The van der Waals surface area contributed by atoms with Crippen molar-refractivity contribution in [3.63, 3.8) is 0 Å². The molecule has 0 unspecified atom stereocenters. The Labute approximate surface area is 118 Å². The first kappa shape index (κ1) is 14.7. The number of benzene rings is 2. The van der Waals surface area contributed by atoms with E-state index < -0.39 is 0 Å². The van der Waals surface area contributed by atoms with Gasteiger partial charge in [-0.05, 0) is 54.8 Å². The molecular formula is C17H19F2N. The van der Waals surface area contributed by atoms with Gasteiger partial charge in [0.15, 0.2) is 0 Å². The van der Waals surface area contributed by atoms with Crippen molar-refractivity contribution in [1.82, 2.24) is 0 Å². The molecule has 0 amide bonds. The second-order valence-electron chi connectivity index (χ2n) is 4.94. The molecule has 0 saturated heterocycles. The van der Waals surface area contributed by atoms with Crippen molar-refractivity contribution in [2.24, 2.45) is 5.73 Å². The lowest BCUT2D eigenvalue weighted by Crippen LogP contribution is -2.04. The summed E-state index contributed by atoms with van der Waals surface area (Å²) in [6, 6.07) is 13.1. The zero-order valence-electron chi connectivity index (χ0n) is 11.4. The molecular weight excluding hydrogens is 256 g/mol. The number of hydrogen-bond donors (Lipinski definition) is 1. The smallest absolute Gasteiger partial charge is 0.123 e. The van der Waals surface area contributed by atoms with Gasteiger partial charge in [-0.1, -0.05) is 30.7 Å². The monoisotopic (exact) mass is 275 g/mol. The lowest BCUT2D eigenvalue weighted by atomic mass is 9.87. The quantitative estimate of drug-likeness (QED) is 0.785. The molecule has 106 valence electrons. The number of hydrogen-bond acceptors (Lipinski definition) is 1. The van der Waals surface area contributed by atoms with Crippen molar-refractivity contribution >= 4 is 0 Å². The van der Waals surface area contributed by atoms with Crippen LogP contribution < -0.4 is 5.73 Å². The highest BCUT2D eigenvalue weighted by atomic mass is 19.1. The maximum absolute atomic E-state index is 13.0. The van der Waals surface area contributed by atoms with Gasteiger partial charge in [-0.25, -0.2) is 8.78 Å². The summed E-state index contributed by atoms with van der Waals surface area (Å²) in [5.41, 5.74) is 7.63. The summed E-state index contributed by atoms with van der Waals surface area (Å²) in [6.07, 6.45) is 2.88. The molecule has 2 rings (SSSR count). The molecule has 20 heavy (non-hydrogen) atoms. The molecule has 2 aromatic rings. The molecule has 0 aliphatic carbocycles. The van der Waals surface area contributed by atoms with Crippen LogP contribution in [0.25, 0.3) is 0 Å². The molecule has 0 aromatic heterocycles. The van der Waals surface area contributed by atoms with Gasteiger partial charge in [0.05, 0.1) is 0 Å². The molecule has 2 aromatic carbocycles. The van der Waals surface area contributed by atoms with Crippen LogP contribution in [0.2, 0.25) is 0 Å². The van der Waals surface area contributed by atoms with Gasteiger partial charge in [0.2, 0.25) is 0 Å². The first-order valence-electron chi connectivity index (χ1n) is 6.91. The van der Waals surface area contributed by atoms with E-state index in [1.54, 1.807) is 24.3 Å². The van der Waals surface area contributed by atoms with Crippen molar-refractivity contribution < 1.29 is 8.78 Å². The molecule has 0 aliphatic heterocycles. The summed E-state index contributed by atoms with van der Waals surface area (Å²) in [5.74, 6) is -0.329. The summed E-state index contributed by atoms with van der Waals surface area (Å²) >= 11 is 0. The first-order chi connectivity index (χ1) is 9.70. The van der Waals surface area contributed by atoms with E-state index in [-0.39, 0.29) is 17.6 Å². The molecule has 0 bridgehead atoms. The minimum absolute atomic E-state index is 0.155. The molecule has 3 heteroatoms. The van der Waals surface area contributed by atoms with E-state index in [2.05, 4.69) is 0 Å². The number of halogens is 2. The highest BCUT2D eigenvalue weighted by Crippen LogP contribution is 2.30. The van der Waals surface area contributed by atoms with Crippen molar-refractivity contribution in [2.75, 3.05) is 6.54 Å². The topological polar surface area (TPSA) is 26.0 Å². The average molecular weight is 275 g/mol. The van der Waals surface area contributed by atoms with Gasteiger partial charge in [-0.3, -0.25) is 0 Å². The Balaban J connectivity index is 2.23. The van der Waals surface area contributed by atoms with Crippen LogP contribution in [0.4, 0.5) is 8.78 Å². The second kappa shape index (κ2) is 7.15. The van der Waals surface area contributed by atoms with Crippen molar-refractivity contribution in [1.29, 1.82) is 0 Å². The third-order valence-corrected chi connectivity index (χ3v) is 3.49. The van der Waals surface area contributed by atoms with Gasteiger partial charge in [0, 0.05) is 5.92 Å². The number of rotatable bonds is 6. The van der Waals surface area contributed by atoms with Crippen LogP contribution in [-0.2, 0) is 0 Å². The molecule has 0 aliphatic rings. The molecule has 2 N–H and O–H groups in total. The van der Waals surface area contributed by atoms with Gasteiger partial charge in [0.1, 0.15) is 11.6 Å². The Morgan fingerprint density at radius 1 is 0.750 bits per heavy atom. The van der Waals surface area contributed by atoms with Gasteiger partial charge >= 0.3 is 0 Å². The van der Waals surface area contributed by atoms with Crippen LogP contribution in [0.1, 0.15) is 36.3 Å². The van der Waals surface area contributed by atoms with E-state index in [0.29, 0.717) is 6.54 Å². The molecule has 0 heterocycles. The standard InChI is InChI=1S/C17H19F2N/c18-15-8-4-13(5-9-15)17(3-1-2-12-20)14-6-10-16(19)11-7-14/h4-11,17H,1-3,12,20H2. The van der Waals surface area contributed by atoms with Crippen molar-refractivity contribution in [3.05, 3.63) is 71.3 Å². The van der Waals surface area contributed by atoms with Crippen molar-refractivity contribution in [2.45, 2.75) is 25.2 Å². The Kier molecular flexibility index (Phi) is 5.24. The highest BCUT2D eigenvalue weighted by molar-refractivity contribution is 5.32. The highest BCUT2D eigenvalue weighted by Gasteiger charge is 2.14. The third-order valence-electron chi connectivity index (χ3n) is 3.49. The van der Waals surface area contributed by atoms with Crippen LogP contribution in [0.5, 0.6) is 0 Å². The van der Waals surface area contributed by atoms with Crippen molar-refractivity contribution in [3.8, 4) is 0 Å². The Hall–Kier alpha value is -1.74. The summed E-state index contributed by atoms with van der Waals surface area (Å²) in [6.45, 7) is 0.666. The zero-order chi connectivity index (χ0) is 14.4. The number of unbranched alkanes of at least 4 members (excludes halogenated alkanes) is 1. The summed E-state index contributed by atoms with van der Waals surface area (Å²) in [5, 5.41) is 0. The van der Waals surface area contributed by atoms with Crippen LogP contribution >= 0.6 is 0 Å². The van der Waals surface area contributed by atoms with Gasteiger partial charge in [-0.15, -0.1) is 0 Å². The van der Waals surface area contributed by atoms with Crippen LogP contribution in [0.3, 0.4) is 0 Å². The lowest BCUT2D eigenvalue weighted by Gasteiger charge is -2.18. The Bertz CT molecular complexity index is 474. The van der Waals surface area contributed by atoms with Gasteiger partial charge < -0.3 is 5.73 Å². The van der Waals surface area contributed by atoms with E-state index in [1.165, 1.54) is 24.3 Å². The molecule has 0 spiro atoms. The maximum atomic E-state index is 13.0. The van der Waals surface area contributed by atoms with Crippen LogP contribution in [0.15, 0.2) is 48.5 Å². The van der Waals surface area contributed by atoms with Gasteiger partial charge in [0.25, 0.3) is 0 Å². The summed E-state index contributed by atoms with van der Waals surface area (Å²) in [4.78, 5) is 0. The first-order valence-corrected chi connectivity index (χ1v) is 6.91. The zero-order valence-corrected chi connectivity index (χ0v) is 11.4. The second-order valence-corrected chi connectivity index (χ2v) is 4.94. The predicted octanol–water partition coefficient (Wildman–Crippen LogP) is 4.23. The van der Waals surface area contributed by atoms with Crippen LogP contribution in [0, 0.1) is 11.6 Å². The number of nitrogens with two attached hydrogens (primary N) is 1. The van der Waals surface area contributed by atoms with E-state index in [4.69, 9.17) is 5.73 Å². The van der Waals surface area contributed by atoms with E-state index >= 15 is 0 Å². The third kappa shape index (κ3) is 3.87. The molecule has 0 saturated carbocycles. The fourth-order valence-electron chi connectivity index (χ4n) is 2.41. The maximum Gasteiger partial charge on any atom is 0.123 e. The largest absolute Gasteiger partial charge is 0.330 e. The fourth-order valence-corrected chi connectivity index (χ4v) is 2.41. The van der Waals surface area contributed by atoms with E-state index in [0.717, 1.165) is 30.4 Å². The Morgan fingerprint density at radius 3 is 1.60 bits per heavy atom. The fraction of sp³-hybridized carbons (Fsp3) is 0.294. The minimum Gasteiger partial charge on any atom is -0.330 e. The average Bonchev–Trinajstić information content (AvgIpc) is 2.46. The summed E-state index contributed by atoms with van der Waals surface area (Å²) < 4.78 is 26.1.